The van der Waals surface area contributed by atoms with Crippen molar-refractivity contribution < 1.29 is 22.9 Å². The van der Waals surface area contributed by atoms with Crippen molar-refractivity contribution in [1.82, 2.24) is 0 Å². The molecule has 5 nitrogen and oxygen atoms in total. The molecule has 0 aliphatic carbocycles. The molecule has 0 bridgehead atoms. The van der Waals surface area contributed by atoms with Crippen LogP contribution in [0.2, 0.25) is 6.55 Å². The zero-order valence-electron chi connectivity index (χ0n) is 8.53. The predicted molar refractivity (Wildman–Crippen MR) is 51.3 cm³/mol. The highest BCUT2D eigenvalue weighted by Crippen LogP contribution is 2.09. The van der Waals surface area contributed by atoms with E-state index in [1.54, 1.807) is 0 Å². The average Bonchev–Trinajstić information content (AvgIpc) is 1.97. The van der Waals surface area contributed by atoms with Crippen molar-refractivity contribution >= 4 is 20.7 Å². The Labute approximate surface area is 84.0 Å². The van der Waals surface area contributed by atoms with Crippen LogP contribution in [0.5, 0.6) is 0 Å². The van der Waals surface area contributed by atoms with Gasteiger partial charge in [-0.1, -0.05) is 6.08 Å². The summed E-state index contributed by atoms with van der Waals surface area (Å²) >= 11 is 0. The van der Waals surface area contributed by atoms with Crippen LogP contribution in [-0.4, -0.2) is 27.3 Å². The van der Waals surface area contributed by atoms with Gasteiger partial charge in [-0.15, -0.1) is 6.58 Å². The second-order valence-corrected chi connectivity index (χ2v) is 5.07. The highest BCUT2D eigenvalue weighted by Gasteiger charge is 2.41. The molecule has 0 aromatic rings. The van der Waals surface area contributed by atoms with E-state index in [2.05, 4.69) is 6.58 Å². The second kappa shape index (κ2) is 5.56. The lowest BCUT2D eigenvalue weighted by Crippen LogP contribution is -2.45. The van der Waals surface area contributed by atoms with Crippen molar-refractivity contribution in [3.05, 3.63) is 12.7 Å². The van der Waals surface area contributed by atoms with Gasteiger partial charge in [0.1, 0.15) is 0 Å². The SMILES string of the molecule is C=CCO[Si](C)(OC(C)=O)OC(C)=O. The summed E-state index contributed by atoms with van der Waals surface area (Å²) in [7, 11) is -3.17. The molecule has 0 spiro atoms. The quantitative estimate of drug-likeness (QED) is 0.506. The monoisotopic (exact) mass is 218 g/mol. The lowest BCUT2D eigenvalue weighted by molar-refractivity contribution is -0.142. The largest absolute Gasteiger partial charge is 0.632 e. The summed E-state index contributed by atoms with van der Waals surface area (Å²) in [6.07, 6.45) is 1.48. The van der Waals surface area contributed by atoms with Gasteiger partial charge in [0.05, 0.1) is 6.61 Å². The first-order chi connectivity index (χ1) is 6.39. The number of rotatable bonds is 5. The van der Waals surface area contributed by atoms with Gasteiger partial charge >= 0.3 is 8.80 Å². The van der Waals surface area contributed by atoms with Crippen molar-refractivity contribution in [3.8, 4) is 0 Å². The van der Waals surface area contributed by atoms with Crippen LogP contribution in [0.4, 0.5) is 0 Å². The van der Waals surface area contributed by atoms with Crippen molar-refractivity contribution in [2.75, 3.05) is 6.61 Å². The minimum atomic E-state index is -3.17. The molecule has 14 heavy (non-hydrogen) atoms. The van der Waals surface area contributed by atoms with Crippen LogP contribution in [0.1, 0.15) is 13.8 Å². The molecular weight excluding hydrogens is 204 g/mol. The zero-order chi connectivity index (χ0) is 11.2. The summed E-state index contributed by atoms with van der Waals surface area (Å²) in [5, 5.41) is 0. The third kappa shape index (κ3) is 5.49. The molecule has 0 fully saturated rings. The summed E-state index contributed by atoms with van der Waals surface area (Å²) in [6, 6.07) is 0. The van der Waals surface area contributed by atoms with Crippen LogP contribution in [0.25, 0.3) is 0 Å². The van der Waals surface area contributed by atoms with Gasteiger partial charge in [0.25, 0.3) is 11.9 Å². The van der Waals surface area contributed by atoms with Gasteiger partial charge in [0.2, 0.25) is 0 Å². The fourth-order valence-electron chi connectivity index (χ4n) is 0.812. The molecule has 0 atom stereocenters. The van der Waals surface area contributed by atoms with Gasteiger partial charge in [0.15, 0.2) is 0 Å². The molecule has 0 saturated heterocycles. The molecule has 0 heterocycles. The fourth-order valence-corrected chi connectivity index (χ4v) is 2.44. The molecule has 0 amide bonds. The first kappa shape index (κ1) is 12.9. The van der Waals surface area contributed by atoms with E-state index >= 15 is 0 Å². The first-order valence-corrected chi connectivity index (χ1v) is 6.26. The van der Waals surface area contributed by atoms with Crippen LogP contribution < -0.4 is 0 Å². The first-order valence-electron chi connectivity index (χ1n) is 4.03. The van der Waals surface area contributed by atoms with Crippen molar-refractivity contribution in [1.29, 1.82) is 0 Å². The highest BCUT2D eigenvalue weighted by molar-refractivity contribution is 6.62. The smallest absolute Gasteiger partial charge is 0.465 e. The van der Waals surface area contributed by atoms with Crippen LogP contribution >= 0.6 is 0 Å². The maximum absolute atomic E-state index is 10.7. The molecular formula is C8H14O5Si. The van der Waals surface area contributed by atoms with E-state index in [0.29, 0.717) is 0 Å². The summed E-state index contributed by atoms with van der Waals surface area (Å²) in [4.78, 5) is 21.4. The molecule has 0 aromatic carbocycles. The predicted octanol–water partition coefficient (Wildman–Crippen LogP) is 0.884. The number of carbonyl (C=O) groups is 2. The van der Waals surface area contributed by atoms with Gasteiger partial charge in [-0.2, -0.15) is 0 Å². The van der Waals surface area contributed by atoms with Crippen LogP contribution in [0, 0.1) is 0 Å². The summed E-state index contributed by atoms with van der Waals surface area (Å²) in [6.45, 7) is 7.54. The molecule has 0 aliphatic heterocycles. The Morgan fingerprint density at radius 2 is 1.71 bits per heavy atom. The Morgan fingerprint density at radius 3 is 2.00 bits per heavy atom. The summed E-state index contributed by atoms with van der Waals surface area (Å²) in [5.74, 6) is -1.08. The molecule has 0 aromatic heterocycles. The van der Waals surface area contributed by atoms with E-state index in [0.717, 1.165) is 0 Å². The molecule has 0 aliphatic rings. The topological polar surface area (TPSA) is 61.8 Å². The maximum Gasteiger partial charge on any atom is 0.632 e. The third-order valence-corrected chi connectivity index (χ3v) is 3.13. The Kier molecular flexibility index (Phi) is 5.10. The van der Waals surface area contributed by atoms with E-state index in [1.165, 1.54) is 26.5 Å². The Bertz CT molecular complexity index is 222. The lowest BCUT2D eigenvalue weighted by Gasteiger charge is -2.22. The summed E-state index contributed by atoms with van der Waals surface area (Å²) in [5.41, 5.74) is 0. The standard InChI is InChI=1S/C8H14O5Si/c1-5-6-11-14(4,12-7(2)9)13-8(3)10/h5H,1,6H2,2-4H3. The van der Waals surface area contributed by atoms with E-state index in [1.807, 2.05) is 0 Å². The molecule has 0 radical (unpaired) electrons. The number of carbonyl (C=O) groups excluding carboxylic acids is 2. The van der Waals surface area contributed by atoms with Gasteiger partial charge in [0, 0.05) is 20.4 Å². The van der Waals surface area contributed by atoms with Gasteiger partial charge < -0.3 is 13.3 Å². The van der Waals surface area contributed by atoms with Crippen LogP contribution in [0.3, 0.4) is 0 Å². The Balaban J connectivity index is 4.38. The average molecular weight is 218 g/mol. The highest BCUT2D eigenvalue weighted by atomic mass is 28.4. The lowest BCUT2D eigenvalue weighted by atomic mass is 10.7. The summed E-state index contributed by atoms with van der Waals surface area (Å²) < 4.78 is 14.8. The Hall–Kier alpha value is -1.14. The van der Waals surface area contributed by atoms with Gasteiger partial charge in [-0.3, -0.25) is 9.59 Å². The fraction of sp³-hybridized carbons (Fsp3) is 0.500. The third-order valence-electron chi connectivity index (χ3n) is 1.12. The molecule has 0 saturated carbocycles. The van der Waals surface area contributed by atoms with E-state index in [9.17, 15) is 9.59 Å². The van der Waals surface area contributed by atoms with E-state index in [-0.39, 0.29) is 6.61 Å². The van der Waals surface area contributed by atoms with Crippen LogP contribution in [-0.2, 0) is 22.9 Å². The van der Waals surface area contributed by atoms with Crippen LogP contribution in [0.15, 0.2) is 12.7 Å². The van der Waals surface area contributed by atoms with Crippen molar-refractivity contribution in [2.24, 2.45) is 0 Å². The second-order valence-electron chi connectivity index (χ2n) is 2.65. The van der Waals surface area contributed by atoms with Crippen molar-refractivity contribution in [3.63, 3.8) is 0 Å². The van der Waals surface area contributed by atoms with Gasteiger partial charge in [-0.05, 0) is 0 Å². The molecule has 0 unspecified atom stereocenters. The number of hydrogen-bond acceptors (Lipinski definition) is 5. The molecule has 6 heteroatoms. The van der Waals surface area contributed by atoms with Gasteiger partial charge in [-0.25, -0.2) is 0 Å². The van der Waals surface area contributed by atoms with Crippen molar-refractivity contribution in [2.45, 2.75) is 20.4 Å². The normalized spacial score (nSPS) is 10.5. The molecule has 0 rings (SSSR count). The molecule has 80 valence electrons. The zero-order valence-corrected chi connectivity index (χ0v) is 9.53. The maximum atomic E-state index is 10.7. The number of hydrogen-bond donors (Lipinski definition) is 0. The minimum Gasteiger partial charge on any atom is -0.465 e. The van der Waals surface area contributed by atoms with E-state index < -0.39 is 20.7 Å². The van der Waals surface area contributed by atoms with E-state index in [4.69, 9.17) is 13.3 Å². The molecule has 0 N–H and O–H groups in total. The minimum absolute atomic E-state index is 0.170. The Morgan fingerprint density at radius 1 is 1.29 bits per heavy atom.